The molecule has 0 saturated carbocycles. The Morgan fingerprint density at radius 3 is 2.72 bits per heavy atom. The van der Waals surface area contributed by atoms with Crippen molar-refractivity contribution < 1.29 is 19.6 Å². The Hall–Kier alpha value is -3.17. The number of para-hydroxylation sites is 1. The number of nitro groups is 1. The zero-order chi connectivity index (χ0) is 20.8. The van der Waals surface area contributed by atoms with E-state index in [9.17, 15) is 20.0 Å². The minimum absolute atomic E-state index is 0.143. The molecule has 3 rings (SSSR count). The van der Waals surface area contributed by atoms with Crippen LogP contribution in [0.2, 0.25) is 0 Å². The zero-order valence-corrected chi connectivity index (χ0v) is 16.5. The van der Waals surface area contributed by atoms with Crippen LogP contribution in [0.3, 0.4) is 0 Å². The number of carbonyl (C=O) groups is 1. The molecule has 0 aromatic heterocycles. The molecule has 1 amide bonds. The molecule has 1 aliphatic heterocycles. The van der Waals surface area contributed by atoms with Crippen LogP contribution in [-0.2, 0) is 9.53 Å². The number of phenolic OH excluding ortho intramolecular Hbond substituents is 1. The number of amides is 1. The monoisotopic (exact) mass is 413 g/mol. The summed E-state index contributed by atoms with van der Waals surface area (Å²) >= 11 is 1.16. The maximum atomic E-state index is 12.9. The van der Waals surface area contributed by atoms with Gasteiger partial charge in [0.1, 0.15) is 5.75 Å². The number of thioether (sulfide) groups is 1. The van der Waals surface area contributed by atoms with Gasteiger partial charge in [-0.05, 0) is 42.5 Å². The summed E-state index contributed by atoms with van der Waals surface area (Å²) in [7, 11) is 1.59. The normalized spacial score (nSPS) is 16.7. The third-order valence-corrected chi connectivity index (χ3v) is 5.11. The molecule has 2 aromatic rings. The lowest BCUT2D eigenvalue weighted by atomic mass is 10.1. The van der Waals surface area contributed by atoms with E-state index in [1.807, 2.05) is 30.3 Å². The highest BCUT2D eigenvalue weighted by Crippen LogP contribution is 2.36. The lowest BCUT2D eigenvalue weighted by Crippen LogP contribution is -2.30. The number of carbonyl (C=O) groups excluding carboxylic acids is 1. The van der Waals surface area contributed by atoms with E-state index in [0.29, 0.717) is 35.3 Å². The van der Waals surface area contributed by atoms with E-state index in [1.165, 1.54) is 24.3 Å². The molecule has 150 valence electrons. The van der Waals surface area contributed by atoms with Gasteiger partial charge in [0.05, 0.1) is 15.5 Å². The molecule has 1 heterocycles. The minimum atomic E-state index is -0.551. The van der Waals surface area contributed by atoms with Crippen molar-refractivity contribution in [3.63, 3.8) is 0 Å². The van der Waals surface area contributed by atoms with Gasteiger partial charge in [-0.2, -0.15) is 0 Å². The van der Waals surface area contributed by atoms with Crippen molar-refractivity contribution >= 4 is 40.3 Å². The number of benzene rings is 2. The molecule has 2 aromatic carbocycles. The molecule has 29 heavy (non-hydrogen) atoms. The Balaban J connectivity index is 1.95. The SMILES string of the molecule is COCCCN1C(=O)/C(=C/c2cc([N+](=O)[O-])ccc2O)SC1=Nc1ccccc1. The average molecular weight is 413 g/mol. The molecule has 0 radical (unpaired) electrons. The van der Waals surface area contributed by atoms with E-state index >= 15 is 0 Å². The summed E-state index contributed by atoms with van der Waals surface area (Å²) in [6.07, 6.45) is 2.08. The molecule has 8 nitrogen and oxygen atoms in total. The number of aliphatic imine (C=N–C) groups is 1. The zero-order valence-electron chi connectivity index (χ0n) is 15.6. The van der Waals surface area contributed by atoms with Crippen molar-refractivity contribution in [2.75, 3.05) is 20.3 Å². The predicted octanol–water partition coefficient (Wildman–Crippen LogP) is 3.94. The van der Waals surface area contributed by atoms with Gasteiger partial charge in [0.25, 0.3) is 11.6 Å². The first kappa shape index (κ1) is 20.6. The van der Waals surface area contributed by atoms with Gasteiger partial charge in [0.15, 0.2) is 5.17 Å². The van der Waals surface area contributed by atoms with E-state index in [2.05, 4.69) is 4.99 Å². The van der Waals surface area contributed by atoms with Crippen molar-refractivity contribution in [1.29, 1.82) is 0 Å². The van der Waals surface area contributed by atoms with Gasteiger partial charge >= 0.3 is 0 Å². The van der Waals surface area contributed by atoms with Gasteiger partial charge in [-0.25, -0.2) is 4.99 Å². The number of non-ortho nitro benzene ring substituents is 1. The Labute approximate surface area is 171 Å². The highest BCUT2D eigenvalue weighted by Gasteiger charge is 2.33. The Bertz CT molecular complexity index is 975. The number of hydrogen-bond acceptors (Lipinski definition) is 7. The fraction of sp³-hybridized carbons (Fsp3) is 0.200. The quantitative estimate of drug-likeness (QED) is 0.319. The fourth-order valence-corrected chi connectivity index (χ4v) is 3.70. The lowest BCUT2D eigenvalue weighted by Gasteiger charge is -2.15. The standard InChI is InChI=1S/C20H19N3O5S/c1-28-11-5-10-22-19(25)18(29-20(22)21-15-6-3-2-4-7-15)13-14-12-16(23(26)27)8-9-17(14)24/h2-4,6-9,12-13,24H,5,10-11H2,1H3/b18-13-,21-20?. The number of nitrogens with zero attached hydrogens (tertiary/aromatic N) is 3. The van der Waals surface area contributed by atoms with Crippen molar-refractivity contribution in [3.8, 4) is 5.75 Å². The van der Waals surface area contributed by atoms with Crippen molar-refractivity contribution in [3.05, 3.63) is 69.1 Å². The second kappa shape index (κ2) is 9.35. The Morgan fingerprint density at radius 2 is 2.03 bits per heavy atom. The molecule has 0 spiro atoms. The third-order valence-electron chi connectivity index (χ3n) is 4.11. The van der Waals surface area contributed by atoms with Crippen molar-refractivity contribution in [2.24, 2.45) is 4.99 Å². The number of phenols is 1. The number of hydrogen-bond donors (Lipinski definition) is 1. The molecule has 0 atom stereocenters. The van der Waals surface area contributed by atoms with Crippen molar-refractivity contribution in [2.45, 2.75) is 6.42 Å². The number of nitro benzene ring substituents is 1. The first-order valence-corrected chi connectivity index (χ1v) is 9.62. The number of amidine groups is 1. The maximum absolute atomic E-state index is 12.9. The van der Waals surface area contributed by atoms with E-state index in [1.54, 1.807) is 12.0 Å². The highest BCUT2D eigenvalue weighted by molar-refractivity contribution is 8.18. The second-order valence-corrected chi connectivity index (χ2v) is 7.15. The van der Waals surface area contributed by atoms with Crippen LogP contribution in [0.1, 0.15) is 12.0 Å². The molecule has 1 aliphatic rings. The average Bonchev–Trinajstić information content (AvgIpc) is 2.99. The summed E-state index contributed by atoms with van der Waals surface area (Å²) in [5.41, 5.74) is 0.743. The van der Waals surface area contributed by atoms with Crippen LogP contribution in [0, 0.1) is 10.1 Å². The smallest absolute Gasteiger partial charge is 0.270 e. The molecule has 0 bridgehead atoms. The predicted molar refractivity (Wildman–Crippen MR) is 112 cm³/mol. The lowest BCUT2D eigenvalue weighted by molar-refractivity contribution is -0.384. The summed E-state index contributed by atoms with van der Waals surface area (Å²) in [5.74, 6) is -0.414. The van der Waals surface area contributed by atoms with E-state index in [-0.39, 0.29) is 22.9 Å². The molecule has 9 heteroatoms. The van der Waals surface area contributed by atoms with Gasteiger partial charge in [0, 0.05) is 38.0 Å². The summed E-state index contributed by atoms with van der Waals surface area (Å²) in [4.78, 5) is 29.8. The largest absolute Gasteiger partial charge is 0.507 e. The molecular formula is C20H19N3O5S. The number of rotatable bonds is 7. The summed E-state index contributed by atoms with van der Waals surface area (Å²) < 4.78 is 5.07. The summed E-state index contributed by atoms with van der Waals surface area (Å²) in [6, 6.07) is 12.9. The third kappa shape index (κ3) is 5.01. The Morgan fingerprint density at radius 1 is 1.28 bits per heavy atom. The number of methoxy groups -OCH3 is 1. The van der Waals surface area contributed by atoms with Gasteiger partial charge in [-0.15, -0.1) is 0 Å². The van der Waals surface area contributed by atoms with Gasteiger partial charge in [-0.3, -0.25) is 19.8 Å². The van der Waals surface area contributed by atoms with Crippen LogP contribution in [0.25, 0.3) is 6.08 Å². The van der Waals surface area contributed by atoms with Crippen LogP contribution in [0.15, 0.2) is 58.4 Å². The van der Waals surface area contributed by atoms with Crippen LogP contribution < -0.4 is 0 Å². The minimum Gasteiger partial charge on any atom is -0.507 e. The molecule has 0 aliphatic carbocycles. The van der Waals surface area contributed by atoms with Crippen LogP contribution in [0.5, 0.6) is 5.75 Å². The first-order valence-electron chi connectivity index (χ1n) is 8.81. The second-order valence-electron chi connectivity index (χ2n) is 6.14. The maximum Gasteiger partial charge on any atom is 0.270 e. The van der Waals surface area contributed by atoms with Gasteiger partial charge in [0.2, 0.25) is 0 Å². The molecular weight excluding hydrogens is 394 g/mol. The van der Waals surface area contributed by atoms with Crippen LogP contribution in [-0.4, -0.2) is 46.3 Å². The highest BCUT2D eigenvalue weighted by atomic mass is 32.2. The van der Waals surface area contributed by atoms with Crippen LogP contribution in [0.4, 0.5) is 11.4 Å². The molecule has 1 saturated heterocycles. The van der Waals surface area contributed by atoms with Crippen molar-refractivity contribution in [1.82, 2.24) is 4.90 Å². The topological polar surface area (TPSA) is 105 Å². The van der Waals surface area contributed by atoms with Gasteiger partial charge < -0.3 is 9.84 Å². The van der Waals surface area contributed by atoms with E-state index in [0.717, 1.165) is 11.8 Å². The van der Waals surface area contributed by atoms with Gasteiger partial charge in [-0.1, -0.05) is 18.2 Å². The van der Waals surface area contributed by atoms with E-state index < -0.39 is 4.92 Å². The molecule has 0 unspecified atom stereocenters. The first-order chi connectivity index (χ1) is 14.0. The number of ether oxygens (including phenoxy) is 1. The summed E-state index contributed by atoms with van der Waals surface area (Å²) in [5, 5.41) is 21.6. The number of aromatic hydroxyl groups is 1. The molecule has 1 N–H and O–H groups in total. The fourth-order valence-electron chi connectivity index (χ4n) is 2.68. The van der Waals surface area contributed by atoms with E-state index in [4.69, 9.17) is 4.74 Å². The molecule has 1 fully saturated rings. The Kier molecular flexibility index (Phi) is 6.63. The summed E-state index contributed by atoms with van der Waals surface area (Å²) in [6.45, 7) is 0.918. The van der Waals surface area contributed by atoms with Crippen LogP contribution >= 0.6 is 11.8 Å².